The molecule has 4 heteroatoms. The first kappa shape index (κ1) is 14.3. The number of Topliss-reactive ketones (excluding diaryl/α,β-unsaturated/α-hetero) is 1. The van der Waals surface area contributed by atoms with Gasteiger partial charge in [0.05, 0.1) is 24.7 Å². The Morgan fingerprint density at radius 2 is 2.26 bits per heavy atom. The van der Waals surface area contributed by atoms with Crippen molar-refractivity contribution in [2.75, 3.05) is 6.54 Å². The van der Waals surface area contributed by atoms with E-state index in [-0.39, 0.29) is 5.78 Å². The lowest BCUT2D eigenvalue weighted by atomic mass is 10.2. The van der Waals surface area contributed by atoms with Crippen molar-refractivity contribution in [3.05, 3.63) is 18.0 Å². The maximum Gasteiger partial charge on any atom is 0.152 e. The van der Waals surface area contributed by atoms with Gasteiger partial charge in [0.2, 0.25) is 0 Å². The number of nitrogens with zero attached hydrogens (tertiary/aromatic N) is 2. The second-order valence-electron chi connectivity index (χ2n) is 5.63. The molecule has 0 aromatic carbocycles. The lowest BCUT2D eigenvalue weighted by molar-refractivity contribution is -0.117. The van der Waals surface area contributed by atoms with E-state index in [0.717, 1.165) is 12.1 Å². The number of nitrogens with one attached hydrogen (secondary N) is 1. The second-order valence-corrected chi connectivity index (χ2v) is 5.63. The van der Waals surface area contributed by atoms with Gasteiger partial charge in [-0.1, -0.05) is 19.8 Å². The molecule has 19 heavy (non-hydrogen) atoms. The average molecular weight is 263 g/mol. The maximum absolute atomic E-state index is 11.9. The average Bonchev–Trinajstić information content (AvgIpc) is 3.06. The van der Waals surface area contributed by atoms with E-state index in [2.05, 4.69) is 28.9 Å². The van der Waals surface area contributed by atoms with Crippen LogP contribution in [0.3, 0.4) is 0 Å². The molecule has 0 saturated heterocycles. The first-order valence-electron chi connectivity index (χ1n) is 7.48. The molecular weight excluding hydrogens is 238 g/mol. The van der Waals surface area contributed by atoms with Gasteiger partial charge in [-0.05, 0) is 32.3 Å². The number of hydrogen-bond acceptors (Lipinski definition) is 3. The van der Waals surface area contributed by atoms with Crippen LogP contribution in [0.1, 0.15) is 57.7 Å². The zero-order valence-corrected chi connectivity index (χ0v) is 12.1. The molecule has 0 aliphatic heterocycles. The van der Waals surface area contributed by atoms with Crippen LogP contribution in [0.15, 0.2) is 12.3 Å². The Labute approximate surface area is 115 Å². The molecule has 1 saturated carbocycles. The van der Waals surface area contributed by atoms with Gasteiger partial charge < -0.3 is 5.32 Å². The molecule has 0 spiro atoms. The number of carbonyl (C=O) groups excluding carboxylic acids is 1. The molecule has 4 nitrogen and oxygen atoms in total. The van der Waals surface area contributed by atoms with Crippen molar-refractivity contribution in [2.45, 2.75) is 64.5 Å². The van der Waals surface area contributed by atoms with Crippen molar-refractivity contribution in [1.29, 1.82) is 0 Å². The van der Waals surface area contributed by atoms with Gasteiger partial charge in [-0.25, -0.2) is 0 Å². The molecule has 0 bridgehead atoms. The molecule has 1 unspecified atom stereocenters. The molecule has 1 fully saturated rings. The van der Waals surface area contributed by atoms with Crippen molar-refractivity contribution in [3.63, 3.8) is 0 Å². The third-order valence-electron chi connectivity index (χ3n) is 4.00. The third-order valence-corrected chi connectivity index (χ3v) is 4.00. The molecule has 0 radical (unpaired) electrons. The minimum absolute atomic E-state index is 0.219. The summed E-state index contributed by atoms with van der Waals surface area (Å²) in [5.74, 6) is 0.219. The number of aromatic nitrogens is 2. The van der Waals surface area contributed by atoms with E-state index in [0.29, 0.717) is 25.0 Å². The van der Waals surface area contributed by atoms with E-state index >= 15 is 0 Å². The summed E-state index contributed by atoms with van der Waals surface area (Å²) < 4.78 is 2.05. The monoisotopic (exact) mass is 263 g/mol. The highest BCUT2D eigenvalue weighted by Gasteiger charge is 2.18. The normalized spacial score (nSPS) is 17.8. The summed E-state index contributed by atoms with van der Waals surface area (Å²) in [5.41, 5.74) is 0.905. The van der Waals surface area contributed by atoms with E-state index in [1.54, 1.807) is 0 Å². The molecule has 1 aliphatic carbocycles. The summed E-state index contributed by atoms with van der Waals surface area (Å²) in [4.78, 5) is 11.9. The summed E-state index contributed by atoms with van der Waals surface area (Å²) in [6.45, 7) is 4.67. The van der Waals surface area contributed by atoms with Gasteiger partial charge in [-0.15, -0.1) is 0 Å². The Kier molecular flexibility index (Phi) is 5.14. The quantitative estimate of drug-likeness (QED) is 0.822. The standard InChI is InChI=1S/C15H25N3O/c1-3-12(2)16-11-15(19)10-13-8-9-18(17-13)14-6-4-5-7-14/h8-9,12,14,16H,3-7,10-11H2,1-2H3. The lowest BCUT2D eigenvalue weighted by Gasteiger charge is -2.10. The highest BCUT2D eigenvalue weighted by atomic mass is 16.1. The summed E-state index contributed by atoms with van der Waals surface area (Å²) in [5, 5.41) is 7.78. The predicted octanol–water partition coefficient (Wildman–Crippen LogP) is 2.50. The van der Waals surface area contributed by atoms with Crippen LogP contribution in [0.5, 0.6) is 0 Å². The van der Waals surface area contributed by atoms with Crippen LogP contribution in [0.4, 0.5) is 0 Å². The Hall–Kier alpha value is -1.16. The van der Waals surface area contributed by atoms with Crippen molar-refractivity contribution in [3.8, 4) is 0 Å². The number of hydrogen-bond donors (Lipinski definition) is 1. The number of rotatable bonds is 7. The largest absolute Gasteiger partial charge is 0.307 e. The molecule has 2 rings (SSSR count). The highest BCUT2D eigenvalue weighted by molar-refractivity contribution is 5.82. The fraction of sp³-hybridized carbons (Fsp3) is 0.733. The summed E-state index contributed by atoms with van der Waals surface area (Å²) in [6.07, 6.45) is 8.58. The molecular formula is C15H25N3O. The number of ketones is 1. The van der Waals surface area contributed by atoms with Crippen LogP contribution >= 0.6 is 0 Å². The van der Waals surface area contributed by atoms with Crippen LogP contribution in [-0.4, -0.2) is 28.2 Å². The highest BCUT2D eigenvalue weighted by Crippen LogP contribution is 2.28. The molecule has 1 N–H and O–H groups in total. The zero-order valence-electron chi connectivity index (χ0n) is 12.1. The van der Waals surface area contributed by atoms with Crippen molar-refractivity contribution >= 4 is 5.78 Å². The minimum Gasteiger partial charge on any atom is -0.307 e. The van der Waals surface area contributed by atoms with Gasteiger partial charge in [-0.3, -0.25) is 9.48 Å². The van der Waals surface area contributed by atoms with Gasteiger partial charge in [0, 0.05) is 12.2 Å². The van der Waals surface area contributed by atoms with Crippen LogP contribution in [-0.2, 0) is 11.2 Å². The van der Waals surface area contributed by atoms with Crippen LogP contribution < -0.4 is 5.32 Å². The summed E-state index contributed by atoms with van der Waals surface area (Å²) in [6, 6.07) is 2.95. The first-order chi connectivity index (χ1) is 9.19. The van der Waals surface area contributed by atoms with Crippen molar-refractivity contribution < 1.29 is 4.79 Å². The van der Waals surface area contributed by atoms with Gasteiger partial charge in [-0.2, -0.15) is 5.10 Å². The first-order valence-corrected chi connectivity index (χ1v) is 7.48. The maximum atomic E-state index is 11.9. The molecule has 106 valence electrons. The van der Waals surface area contributed by atoms with E-state index in [4.69, 9.17) is 0 Å². The third kappa shape index (κ3) is 4.16. The fourth-order valence-electron chi connectivity index (χ4n) is 2.54. The van der Waals surface area contributed by atoms with E-state index in [1.807, 2.05) is 12.3 Å². The summed E-state index contributed by atoms with van der Waals surface area (Å²) >= 11 is 0. The predicted molar refractivity (Wildman–Crippen MR) is 76.2 cm³/mol. The Morgan fingerprint density at radius 1 is 1.53 bits per heavy atom. The van der Waals surface area contributed by atoms with E-state index in [9.17, 15) is 4.79 Å². The van der Waals surface area contributed by atoms with Crippen LogP contribution in [0.2, 0.25) is 0 Å². The molecule has 1 aromatic rings. The number of carbonyl (C=O) groups is 1. The Balaban J connectivity index is 1.80. The van der Waals surface area contributed by atoms with Gasteiger partial charge in [0.1, 0.15) is 0 Å². The second kappa shape index (κ2) is 6.85. The van der Waals surface area contributed by atoms with Crippen LogP contribution in [0.25, 0.3) is 0 Å². The molecule has 1 atom stereocenters. The Bertz CT molecular complexity index is 407. The van der Waals surface area contributed by atoms with Gasteiger partial charge in [0.15, 0.2) is 5.78 Å². The minimum atomic E-state index is 0.219. The zero-order chi connectivity index (χ0) is 13.7. The van der Waals surface area contributed by atoms with Gasteiger partial charge >= 0.3 is 0 Å². The van der Waals surface area contributed by atoms with Crippen molar-refractivity contribution in [2.24, 2.45) is 0 Å². The Morgan fingerprint density at radius 3 is 2.95 bits per heavy atom. The molecule has 1 aromatic heterocycles. The van der Waals surface area contributed by atoms with E-state index in [1.165, 1.54) is 25.7 Å². The topological polar surface area (TPSA) is 46.9 Å². The molecule has 0 amide bonds. The lowest BCUT2D eigenvalue weighted by Crippen LogP contribution is -2.31. The fourth-order valence-corrected chi connectivity index (χ4v) is 2.54. The smallest absolute Gasteiger partial charge is 0.152 e. The summed E-state index contributed by atoms with van der Waals surface area (Å²) in [7, 11) is 0. The van der Waals surface area contributed by atoms with Crippen LogP contribution in [0, 0.1) is 0 Å². The van der Waals surface area contributed by atoms with E-state index < -0.39 is 0 Å². The molecule has 1 aliphatic rings. The SMILES string of the molecule is CCC(C)NCC(=O)Cc1ccn(C2CCCC2)n1. The van der Waals surface area contributed by atoms with Crippen molar-refractivity contribution in [1.82, 2.24) is 15.1 Å². The van der Waals surface area contributed by atoms with Gasteiger partial charge in [0.25, 0.3) is 0 Å². The molecule has 1 heterocycles.